The summed E-state index contributed by atoms with van der Waals surface area (Å²) in [5.74, 6) is -0.351. The third-order valence-electron chi connectivity index (χ3n) is 3.36. The van der Waals surface area contributed by atoms with Crippen molar-refractivity contribution in [1.82, 2.24) is 9.38 Å². The van der Waals surface area contributed by atoms with Gasteiger partial charge in [0.25, 0.3) is 5.56 Å². The van der Waals surface area contributed by atoms with Gasteiger partial charge in [-0.05, 0) is 58.8 Å². The molecule has 2 heterocycles. The van der Waals surface area contributed by atoms with Crippen molar-refractivity contribution in [1.29, 1.82) is 0 Å². The first kappa shape index (κ1) is 15.9. The van der Waals surface area contributed by atoms with E-state index in [-0.39, 0.29) is 11.4 Å². The van der Waals surface area contributed by atoms with E-state index >= 15 is 0 Å². The maximum atomic E-state index is 13.3. The zero-order chi connectivity index (χ0) is 16.6. The minimum atomic E-state index is -0.351. The molecule has 0 spiro atoms. The molecular formula is C17H11BrClFN2O. The molecule has 0 aliphatic rings. The Hall–Kier alpha value is -1.98. The predicted molar refractivity (Wildman–Crippen MR) is 94.0 cm³/mol. The highest BCUT2D eigenvalue weighted by molar-refractivity contribution is 9.10. The minimum absolute atomic E-state index is 0.199. The third-order valence-corrected chi connectivity index (χ3v) is 4.27. The molecule has 0 aliphatic carbocycles. The molecular weight excluding hydrogens is 383 g/mol. The van der Waals surface area contributed by atoms with E-state index in [1.165, 1.54) is 16.5 Å². The number of hydrogen-bond acceptors (Lipinski definition) is 2. The summed E-state index contributed by atoms with van der Waals surface area (Å²) in [4.78, 5) is 16.7. The Kier molecular flexibility index (Phi) is 4.33. The topological polar surface area (TPSA) is 34.4 Å². The molecule has 0 amide bonds. The van der Waals surface area contributed by atoms with E-state index in [0.717, 1.165) is 5.69 Å². The van der Waals surface area contributed by atoms with Crippen molar-refractivity contribution in [3.05, 3.63) is 80.1 Å². The molecule has 0 radical (unpaired) electrons. The van der Waals surface area contributed by atoms with Crippen molar-refractivity contribution in [3.63, 3.8) is 0 Å². The molecule has 3 nitrogen and oxygen atoms in total. The van der Waals surface area contributed by atoms with Gasteiger partial charge in [0.05, 0.1) is 15.2 Å². The van der Waals surface area contributed by atoms with Crippen LogP contribution >= 0.6 is 27.5 Å². The van der Waals surface area contributed by atoms with E-state index < -0.39 is 0 Å². The Morgan fingerprint density at radius 1 is 1.30 bits per heavy atom. The van der Waals surface area contributed by atoms with Crippen LogP contribution in [0, 0.1) is 12.7 Å². The summed E-state index contributed by atoms with van der Waals surface area (Å²) in [6.07, 6.45) is 1.64. The molecule has 0 atom stereocenters. The van der Waals surface area contributed by atoms with Crippen LogP contribution in [0.3, 0.4) is 0 Å². The van der Waals surface area contributed by atoms with Gasteiger partial charge in [0, 0.05) is 11.8 Å². The number of rotatable bonds is 2. The van der Waals surface area contributed by atoms with Gasteiger partial charge in [0.15, 0.2) is 0 Å². The fourth-order valence-electron chi connectivity index (χ4n) is 2.26. The lowest BCUT2D eigenvalue weighted by atomic mass is 10.2. The summed E-state index contributed by atoms with van der Waals surface area (Å²) >= 11 is 9.41. The van der Waals surface area contributed by atoms with Gasteiger partial charge in [-0.3, -0.25) is 9.20 Å². The first-order valence-corrected chi connectivity index (χ1v) is 7.95. The molecule has 0 N–H and O–H groups in total. The number of aromatic nitrogens is 2. The Morgan fingerprint density at radius 3 is 2.83 bits per heavy atom. The van der Waals surface area contributed by atoms with E-state index in [9.17, 15) is 9.18 Å². The van der Waals surface area contributed by atoms with E-state index in [0.29, 0.717) is 26.4 Å². The molecule has 23 heavy (non-hydrogen) atoms. The summed E-state index contributed by atoms with van der Waals surface area (Å²) < 4.78 is 15.1. The second-order valence-corrected chi connectivity index (χ2v) is 6.27. The van der Waals surface area contributed by atoms with Gasteiger partial charge >= 0.3 is 0 Å². The van der Waals surface area contributed by atoms with Crippen molar-refractivity contribution in [3.8, 4) is 0 Å². The SMILES string of the molecule is Cc1cccc2nc(/C(Cl)=C/c3ccc(F)c(Br)c3)cc(=O)n12. The summed E-state index contributed by atoms with van der Waals surface area (Å²) in [6.45, 7) is 1.84. The van der Waals surface area contributed by atoms with Crippen LogP contribution in [0.15, 0.2) is 51.7 Å². The molecule has 0 fully saturated rings. The molecule has 116 valence electrons. The number of halogens is 3. The number of hydrogen-bond donors (Lipinski definition) is 0. The van der Waals surface area contributed by atoms with Crippen LogP contribution in [0.2, 0.25) is 0 Å². The van der Waals surface area contributed by atoms with E-state index in [1.54, 1.807) is 24.3 Å². The lowest BCUT2D eigenvalue weighted by Crippen LogP contribution is -2.16. The Balaban J connectivity index is 2.10. The molecule has 1 aromatic carbocycles. The number of nitrogens with zero attached hydrogens (tertiary/aromatic N) is 2. The Bertz CT molecular complexity index is 998. The fraction of sp³-hybridized carbons (Fsp3) is 0.0588. The first-order valence-electron chi connectivity index (χ1n) is 6.78. The molecule has 3 aromatic rings. The second-order valence-electron chi connectivity index (χ2n) is 5.01. The average Bonchev–Trinajstić information content (AvgIpc) is 2.50. The van der Waals surface area contributed by atoms with Crippen molar-refractivity contribution < 1.29 is 4.39 Å². The third kappa shape index (κ3) is 3.21. The second kappa shape index (κ2) is 6.26. The quantitative estimate of drug-likeness (QED) is 0.635. The molecule has 0 saturated carbocycles. The smallest absolute Gasteiger partial charge is 0.258 e. The van der Waals surface area contributed by atoms with E-state index in [1.807, 2.05) is 19.1 Å². The zero-order valence-corrected chi connectivity index (χ0v) is 14.4. The molecule has 0 aliphatic heterocycles. The number of benzene rings is 1. The summed E-state index contributed by atoms with van der Waals surface area (Å²) in [5.41, 5.74) is 2.21. The molecule has 0 saturated heterocycles. The van der Waals surface area contributed by atoms with Gasteiger partial charge in [-0.15, -0.1) is 0 Å². The van der Waals surface area contributed by atoms with Crippen LogP contribution in [0.4, 0.5) is 4.39 Å². The highest BCUT2D eigenvalue weighted by Crippen LogP contribution is 2.23. The lowest BCUT2D eigenvalue weighted by Gasteiger charge is -2.06. The molecule has 2 aromatic heterocycles. The van der Waals surface area contributed by atoms with Crippen molar-refractivity contribution in [2.45, 2.75) is 6.92 Å². The summed E-state index contributed by atoms with van der Waals surface area (Å²) in [5, 5.41) is 0.310. The van der Waals surface area contributed by atoms with Crippen LogP contribution in [0.5, 0.6) is 0 Å². The monoisotopic (exact) mass is 392 g/mol. The largest absolute Gasteiger partial charge is 0.269 e. The zero-order valence-electron chi connectivity index (χ0n) is 12.1. The Morgan fingerprint density at radius 2 is 2.09 bits per heavy atom. The highest BCUT2D eigenvalue weighted by atomic mass is 79.9. The van der Waals surface area contributed by atoms with Gasteiger partial charge in [-0.1, -0.05) is 23.7 Å². The summed E-state index contributed by atoms with van der Waals surface area (Å²) in [7, 11) is 0. The molecule has 3 rings (SSSR count). The average molecular weight is 394 g/mol. The van der Waals surface area contributed by atoms with Crippen LogP contribution < -0.4 is 5.56 Å². The maximum absolute atomic E-state index is 13.3. The predicted octanol–water partition coefficient (Wildman–Crippen LogP) is 4.64. The van der Waals surface area contributed by atoms with Crippen LogP contribution in [-0.2, 0) is 0 Å². The normalized spacial score (nSPS) is 11.9. The lowest BCUT2D eigenvalue weighted by molar-refractivity contribution is 0.621. The van der Waals surface area contributed by atoms with Crippen LogP contribution in [0.1, 0.15) is 17.0 Å². The molecule has 0 bridgehead atoms. The maximum Gasteiger partial charge on any atom is 0.258 e. The Labute approximate surface area is 145 Å². The fourth-order valence-corrected chi connectivity index (χ4v) is 2.88. The number of fused-ring (bicyclic) bond motifs is 1. The van der Waals surface area contributed by atoms with Crippen molar-refractivity contribution in [2.24, 2.45) is 0 Å². The van der Waals surface area contributed by atoms with Crippen LogP contribution in [0.25, 0.3) is 16.8 Å². The minimum Gasteiger partial charge on any atom is -0.269 e. The van der Waals surface area contributed by atoms with E-state index in [2.05, 4.69) is 20.9 Å². The highest BCUT2D eigenvalue weighted by Gasteiger charge is 2.07. The van der Waals surface area contributed by atoms with Crippen molar-refractivity contribution >= 4 is 44.3 Å². The number of pyridine rings is 1. The van der Waals surface area contributed by atoms with Gasteiger partial charge in [-0.25, -0.2) is 9.37 Å². The van der Waals surface area contributed by atoms with Gasteiger partial charge < -0.3 is 0 Å². The van der Waals surface area contributed by atoms with Crippen LogP contribution in [-0.4, -0.2) is 9.38 Å². The van der Waals surface area contributed by atoms with Crippen molar-refractivity contribution in [2.75, 3.05) is 0 Å². The number of aryl methyl sites for hydroxylation is 1. The molecule has 0 unspecified atom stereocenters. The van der Waals surface area contributed by atoms with Gasteiger partial charge in [0.1, 0.15) is 11.5 Å². The van der Waals surface area contributed by atoms with Gasteiger partial charge in [0.2, 0.25) is 0 Å². The standard InChI is InChI=1S/C17H11BrClFN2O/c1-10-3-2-4-16-21-15(9-17(23)22(10)16)13(19)8-11-5-6-14(20)12(18)7-11/h2-9H,1H3/b13-8-. The summed E-state index contributed by atoms with van der Waals surface area (Å²) in [6, 6.07) is 11.3. The first-order chi connectivity index (χ1) is 11.0. The van der Waals surface area contributed by atoms with Gasteiger partial charge in [-0.2, -0.15) is 0 Å². The molecule has 6 heteroatoms. The van der Waals surface area contributed by atoms with E-state index in [4.69, 9.17) is 11.6 Å².